The first-order valence-electron chi connectivity index (χ1n) is 9.46. The van der Waals surface area contributed by atoms with Gasteiger partial charge in [-0.2, -0.15) is 0 Å². The van der Waals surface area contributed by atoms with Gasteiger partial charge in [-0.1, -0.05) is 36.4 Å². The average Bonchev–Trinajstić information content (AvgIpc) is 3.29. The lowest BCUT2D eigenvalue weighted by Gasteiger charge is -2.13. The lowest BCUT2D eigenvalue weighted by Crippen LogP contribution is -2.23. The zero-order chi connectivity index (χ0) is 20.9. The van der Waals surface area contributed by atoms with Gasteiger partial charge in [-0.25, -0.2) is 0 Å². The Morgan fingerprint density at radius 2 is 1.87 bits per heavy atom. The summed E-state index contributed by atoms with van der Waals surface area (Å²) in [5, 5.41) is 2.78. The number of nitrogens with one attached hydrogen (secondary N) is 2. The maximum atomic E-state index is 12.7. The van der Waals surface area contributed by atoms with E-state index in [2.05, 4.69) is 10.3 Å². The topological polar surface area (TPSA) is 84.3 Å². The highest BCUT2D eigenvalue weighted by Crippen LogP contribution is 2.27. The molecule has 0 spiro atoms. The zero-order valence-corrected chi connectivity index (χ0v) is 16.3. The smallest absolute Gasteiger partial charge is 0.261 e. The molecule has 0 saturated carbocycles. The molecule has 4 rings (SSSR count). The summed E-state index contributed by atoms with van der Waals surface area (Å²) in [5.41, 5.74) is 2.51. The fraction of sp³-hybridized carbons (Fsp3) is 0.0833. The minimum atomic E-state index is -0.518. The number of hydrogen-bond acceptors (Lipinski definition) is 4. The number of furan rings is 1. The van der Waals surface area contributed by atoms with Crippen LogP contribution in [0.15, 0.2) is 88.3 Å². The number of aromatic nitrogens is 1. The van der Waals surface area contributed by atoms with Gasteiger partial charge in [-0.3, -0.25) is 9.59 Å². The molecule has 6 heteroatoms. The van der Waals surface area contributed by atoms with Crippen molar-refractivity contribution in [3.05, 3.63) is 106 Å². The number of rotatable bonds is 6. The summed E-state index contributed by atoms with van der Waals surface area (Å²) >= 11 is 0. The SMILES string of the molecule is Cc1ccc(NC(=O)c2ccc(-c3ccco3)[nH]c2=O)c(OCc2ccccc2)c1. The van der Waals surface area contributed by atoms with Crippen LogP contribution in [-0.4, -0.2) is 10.9 Å². The molecule has 0 unspecified atom stereocenters. The van der Waals surface area contributed by atoms with Gasteiger partial charge in [0.25, 0.3) is 11.5 Å². The summed E-state index contributed by atoms with van der Waals surface area (Å²) in [5.74, 6) is 0.542. The summed E-state index contributed by atoms with van der Waals surface area (Å²) in [4.78, 5) is 27.8. The van der Waals surface area contributed by atoms with Crippen molar-refractivity contribution in [2.24, 2.45) is 0 Å². The van der Waals surface area contributed by atoms with E-state index in [0.29, 0.717) is 29.5 Å². The Labute approximate surface area is 173 Å². The molecule has 0 radical (unpaired) electrons. The van der Waals surface area contributed by atoms with Gasteiger partial charge in [0.1, 0.15) is 23.7 Å². The number of carbonyl (C=O) groups is 1. The van der Waals surface area contributed by atoms with E-state index in [1.165, 1.54) is 12.3 Å². The van der Waals surface area contributed by atoms with Crippen LogP contribution in [0.1, 0.15) is 21.5 Å². The van der Waals surface area contributed by atoms with Crippen molar-refractivity contribution in [3.63, 3.8) is 0 Å². The standard InChI is InChI=1S/C24H20N2O4/c1-16-9-11-20(22(14-16)30-15-17-6-3-2-4-7-17)26-24(28)18-10-12-19(25-23(18)27)21-8-5-13-29-21/h2-14H,15H2,1H3,(H,25,27)(H,26,28). The summed E-state index contributed by atoms with van der Waals surface area (Å²) < 4.78 is 11.2. The Balaban J connectivity index is 1.54. The van der Waals surface area contributed by atoms with E-state index >= 15 is 0 Å². The molecule has 0 aliphatic carbocycles. The Morgan fingerprint density at radius 3 is 2.60 bits per heavy atom. The van der Waals surface area contributed by atoms with Gasteiger partial charge < -0.3 is 19.5 Å². The molecule has 0 atom stereocenters. The van der Waals surface area contributed by atoms with Crippen LogP contribution in [0.3, 0.4) is 0 Å². The van der Waals surface area contributed by atoms with Crippen LogP contribution < -0.4 is 15.6 Å². The van der Waals surface area contributed by atoms with Crippen LogP contribution in [0.5, 0.6) is 5.75 Å². The first-order valence-corrected chi connectivity index (χ1v) is 9.46. The molecular formula is C24H20N2O4. The summed E-state index contributed by atoms with van der Waals surface area (Å²) in [6.07, 6.45) is 1.52. The molecular weight excluding hydrogens is 380 g/mol. The molecule has 6 nitrogen and oxygen atoms in total. The van der Waals surface area contributed by atoms with E-state index in [1.807, 2.05) is 49.4 Å². The quantitative estimate of drug-likeness (QED) is 0.488. The molecule has 0 saturated heterocycles. The van der Waals surface area contributed by atoms with Crippen LogP contribution in [0.4, 0.5) is 5.69 Å². The molecule has 1 amide bonds. The van der Waals surface area contributed by atoms with Crippen LogP contribution in [0, 0.1) is 6.92 Å². The van der Waals surface area contributed by atoms with Crippen molar-refractivity contribution in [2.75, 3.05) is 5.32 Å². The van der Waals surface area contributed by atoms with Gasteiger partial charge in [0.2, 0.25) is 0 Å². The van der Waals surface area contributed by atoms with E-state index in [4.69, 9.17) is 9.15 Å². The number of benzene rings is 2. The number of carbonyl (C=O) groups excluding carboxylic acids is 1. The predicted octanol–water partition coefficient (Wildman–Crippen LogP) is 4.77. The van der Waals surface area contributed by atoms with Crippen molar-refractivity contribution in [3.8, 4) is 17.2 Å². The second-order valence-corrected chi connectivity index (χ2v) is 6.82. The average molecular weight is 400 g/mol. The maximum Gasteiger partial charge on any atom is 0.261 e. The van der Waals surface area contributed by atoms with Crippen molar-refractivity contribution in [1.82, 2.24) is 4.98 Å². The second kappa shape index (κ2) is 8.53. The number of pyridine rings is 1. The first kappa shape index (κ1) is 19.3. The molecule has 150 valence electrons. The van der Waals surface area contributed by atoms with Crippen molar-refractivity contribution in [2.45, 2.75) is 13.5 Å². The van der Waals surface area contributed by atoms with Gasteiger partial charge in [0.15, 0.2) is 0 Å². The highest BCUT2D eigenvalue weighted by Gasteiger charge is 2.15. The summed E-state index contributed by atoms with van der Waals surface area (Å²) in [6.45, 7) is 2.31. The Kier molecular flexibility index (Phi) is 5.48. The molecule has 2 aromatic heterocycles. The fourth-order valence-corrected chi connectivity index (χ4v) is 3.01. The lowest BCUT2D eigenvalue weighted by molar-refractivity contribution is 0.102. The Hall–Kier alpha value is -4.06. The Bertz CT molecular complexity index is 1210. The van der Waals surface area contributed by atoms with Crippen molar-refractivity contribution >= 4 is 11.6 Å². The van der Waals surface area contributed by atoms with Crippen LogP contribution in [0.2, 0.25) is 0 Å². The molecule has 2 N–H and O–H groups in total. The molecule has 0 fully saturated rings. The van der Waals surface area contributed by atoms with E-state index < -0.39 is 11.5 Å². The highest BCUT2D eigenvalue weighted by molar-refractivity contribution is 6.04. The van der Waals surface area contributed by atoms with Crippen molar-refractivity contribution < 1.29 is 13.9 Å². The molecule has 4 aromatic rings. The molecule has 2 heterocycles. The largest absolute Gasteiger partial charge is 0.487 e. The minimum Gasteiger partial charge on any atom is -0.487 e. The number of aryl methyl sites for hydroxylation is 1. The van der Waals surface area contributed by atoms with Crippen molar-refractivity contribution in [1.29, 1.82) is 0 Å². The fourth-order valence-electron chi connectivity index (χ4n) is 3.01. The second-order valence-electron chi connectivity index (χ2n) is 6.82. The van der Waals surface area contributed by atoms with E-state index in [9.17, 15) is 9.59 Å². The van der Waals surface area contributed by atoms with E-state index in [1.54, 1.807) is 24.3 Å². The number of H-pyrrole nitrogens is 1. The predicted molar refractivity (Wildman–Crippen MR) is 115 cm³/mol. The maximum absolute atomic E-state index is 12.7. The monoisotopic (exact) mass is 400 g/mol. The van der Waals surface area contributed by atoms with Gasteiger partial charge >= 0.3 is 0 Å². The summed E-state index contributed by atoms with van der Waals surface area (Å²) in [6, 6.07) is 21.8. The number of amides is 1. The van der Waals surface area contributed by atoms with E-state index in [0.717, 1.165) is 11.1 Å². The highest BCUT2D eigenvalue weighted by atomic mass is 16.5. The van der Waals surface area contributed by atoms with Gasteiger partial charge in [0.05, 0.1) is 17.6 Å². The van der Waals surface area contributed by atoms with Crippen LogP contribution in [-0.2, 0) is 6.61 Å². The number of anilines is 1. The van der Waals surface area contributed by atoms with Crippen LogP contribution in [0.25, 0.3) is 11.5 Å². The minimum absolute atomic E-state index is 0.000101. The zero-order valence-electron chi connectivity index (χ0n) is 16.3. The molecule has 0 aliphatic heterocycles. The summed E-state index contributed by atoms with van der Waals surface area (Å²) in [7, 11) is 0. The van der Waals surface area contributed by atoms with Gasteiger partial charge in [-0.05, 0) is 54.4 Å². The third-order valence-electron chi connectivity index (χ3n) is 4.56. The molecule has 0 aliphatic rings. The normalized spacial score (nSPS) is 10.6. The lowest BCUT2D eigenvalue weighted by atomic mass is 10.1. The number of aromatic amines is 1. The third-order valence-corrected chi connectivity index (χ3v) is 4.56. The van der Waals surface area contributed by atoms with Gasteiger partial charge in [-0.15, -0.1) is 0 Å². The molecule has 30 heavy (non-hydrogen) atoms. The first-order chi connectivity index (χ1) is 14.6. The molecule has 0 bridgehead atoms. The number of ether oxygens (including phenoxy) is 1. The number of hydrogen-bond donors (Lipinski definition) is 2. The van der Waals surface area contributed by atoms with E-state index in [-0.39, 0.29) is 5.56 Å². The Morgan fingerprint density at radius 1 is 1.03 bits per heavy atom. The van der Waals surface area contributed by atoms with Crippen LogP contribution >= 0.6 is 0 Å². The van der Waals surface area contributed by atoms with Gasteiger partial charge in [0, 0.05) is 0 Å². The third kappa shape index (κ3) is 4.33. The molecule has 2 aromatic carbocycles.